The fourth-order valence-electron chi connectivity index (χ4n) is 2.23. The lowest BCUT2D eigenvalue weighted by Crippen LogP contribution is -2.29. The second kappa shape index (κ2) is 5.48. The van der Waals surface area contributed by atoms with E-state index in [2.05, 4.69) is 5.32 Å². The normalized spacial score (nSPS) is 23.1. The number of nitrogens with zero attached hydrogens (tertiary/aromatic N) is 1. The number of aliphatic hydroxyl groups is 1. The molecule has 1 aliphatic carbocycles. The molecule has 0 aromatic heterocycles. The number of nitrogens with one attached hydrogen (secondary N) is 1. The van der Waals surface area contributed by atoms with Crippen LogP contribution in [0.25, 0.3) is 0 Å². The highest BCUT2D eigenvalue weighted by Gasteiger charge is 2.23. The minimum atomic E-state index is -0.974. The van der Waals surface area contributed by atoms with Gasteiger partial charge in [-0.3, -0.25) is 10.1 Å². The highest BCUT2D eigenvalue weighted by atomic mass is 19.1. The second-order valence-corrected chi connectivity index (χ2v) is 4.69. The van der Waals surface area contributed by atoms with Crippen LogP contribution in [0.5, 0.6) is 0 Å². The van der Waals surface area contributed by atoms with Crippen LogP contribution in [0.2, 0.25) is 0 Å². The summed E-state index contributed by atoms with van der Waals surface area (Å²) in [6.07, 6.45) is 2.01. The van der Waals surface area contributed by atoms with Crippen molar-refractivity contribution in [2.45, 2.75) is 37.8 Å². The largest absolute Gasteiger partial charge is 0.393 e. The molecule has 0 amide bonds. The van der Waals surface area contributed by atoms with E-state index < -0.39 is 22.2 Å². The molecule has 2 rings (SSSR count). The summed E-state index contributed by atoms with van der Waals surface area (Å²) in [6, 6.07) is 1.26. The predicted octanol–water partition coefficient (Wildman–Crippen LogP) is 2.59. The molecule has 1 aromatic carbocycles. The molecule has 0 radical (unpaired) electrons. The number of aliphatic hydroxyl groups excluding tert-OH is 1. The third-order valence-corrected chi connectivity index (χ3v) is 3.28. The Morgan fingerprint density at radius 3 is 2.21 bits per heavy atom. The molecule has 7 heteroatoms. The SMILES string of the molecule is O=[N+]([O-])c1cc(F)c(NC2CCC(O)CC2)c(F)c1. The number of hydrogen-bond acceptors (Lipinski definition) is 4. The zero-order chi connectivity index (χ0) is 14.0. The van der Waals surface area contributed by atoms with E-state index in [9.17, 15) is 24.0 Å². The van der Waals surface area contributed by atoms with E-state index in [4.69, 9.17) is 0 Å². The van der Waals surface area contributed by atoms with Crippen LogP contribution < -0.4 is 5.32 Å². The molecule has 1 aromatic rings. The first-order valence-corrected chi connectivity index (χ1v) is 6.05. The molecule has 0 saturated heterocycles. The Morgan fingerprint density at radius 2 is 1.74 bits per heavy atom. The van der Waals surface area contributed by atoms with Crippen LogP contribution in [0.3, 0.4) is 0 Å². The van der Waals surface area contributed by atoms with Crippen molar-refractivity contribution in [2.75, 3.05) is 5.32 Å². The minimum absolute atomic E-state index is 0.131. The maximum atomic E-state index is 13.6. The maximum Gasteiger partial charge on any atom is 0.275 e. The third kappa shape index (κ3) is 3.17. The predicted molar refractivity (Wildman–Crippen MR) is 64.9 cm³/mol. The average Bonchev–Trinajstić information content (AvgIpc) is 2.35. The summed E-state index contributed by atoms with van der Waals surface area (Å²) >= 11 is 0. The van der Waals surface area contributed by atoms with Crippen molar-refractivity contribution < 1.29 is 18.8 Å². The van der Waals surface area contributed by atoms with Crippen LogP contribution in [0.15, 0.2) is 12.1 Å². The van der Waals surface area contributed by atoms with E-state index in [1.165, 1.54) is 0 Å². The molecule has 1 fully saturated rings. The van der Waals surface area contributed by atoms with Crippen LogP contribution in [-0.2, 0) is 0 Å². The third-order valence-electron chi connectivity index (χ3n) is 3.28. The number of anilines is 1. The highest BCUT2D eigenvalue weighted by Crippen LogP contribution is 2.28. The van der Waals surface area contributed by atoms with E-state index in [1.54, 1.807) is 0 Å². The molecule has 0 bridgehead atoms. The van der Waals surface area contributed by atoms with Crippen molar-refractivity contribution in [1.82, 2.24) is 0 Å². The second-order valence-electron chi connectivity index (χ2n) is 4.69. The molecule has 1 saturated carbocycles. The standard InChI is InChI=1S/C12H14F2N2O3/c13-10-5-8(16(18)19)6-11(14)12(10)15-7-1-3-9(17)4-2-7/h5-7,9,15,17H,1-4H2. The first-order chi connectivity index (χ1) is 8.97. The van der Waals surface area contributed by atoms with Gasteiger partial charge in [0.05, 0.1) is 23.2 Å². The fourth-order valence-corrected chi connectivity index (χ4v) is 2.23. The molecule has 0 unspecified atom stereocenters. The number of benzene rings is 1. The van der Waals surface area contributed by atoms with Crippen LogP contribution >= 0.6 is 0 Å². The van der Waals surface area contributed by atoms with Gasteiger partial charge in [0.1, 0.15) is 5.69 Å². The van der Waals surface area contributed by atoms with Gasteiger partial charge >= 0.3 is 0 Å². The molecule has 0 aliphatic heterocycles. The zero-order valence-corrected chi connectivity index (χ0v) is 10.1. The van der Waals surface area contributed by atoms with Crippen molar-refractivity contribution in [2.24, 2.45) is 0 Å². The number of halogens is 2. The molecule has 0 atom stereocenters. The van der Waals surface area contributed by atoms with E-state index in [0.717, 1.165) is 0 Å². The number of nitro groups is 1. The van der Waals surface area contributed by atoms with Gasteiger partial charge in [-0.25, -0.2) is 8.78 Å². The van der Waals surface area contributed by atoms with Crippen LogP contribution in [0.1, 0.15) is 25.7 Å². The van der Waals surface area contributed by atoms with Crippen molar-refractivity contribution in [3.05, 3.63) is 33.9 Å². The molecular weight excluding hydrogens is 258 g/mol. The lowest BCUT2D eigenvalue weighted by Gasteiger charge is -2.27. The van der Waals surface area contributed by atoms with Gasteiger partial charge in [-0.05, 0) is 25.7 Å². The molecular formula is C12H14F2N2O3. The molecule has 1 aliphatic rings. The van der Waals surface area contributed by atoms with E-state index in [1.807, 2.05) is 0 Å². The Kier molecular flexibility index (Phi) is 3.94. The quantitative estimate of drug-likeness (QED) is 0.655. The molecule has 2 N–H and O–H groups in total. The summed E-state index contributed by atoms with van der Waals surface area (Å²) in [6.45, 7) is 0. The minimum Gasteiger partial charge on any atom is -0.393 e. The maximum absolute atomic E-state index is 13.6. The monoisotopic (exact) mass is 272 g/mol. The van der Waals surface area contributed by atoms with Crippen LogP contribution in [-0.4, -0.2) is 22.2 Å². The Hall–Kier alpha value is -1.76. The van der Waals surface area contributed by atoms with E-state index in [0.29, 0.717) is 37.8 Å². The van der Waals surface area contributed by atoms with E-state index in [-0.39, 0.29) is 17.8 Å². The van der Waals surface area contributed by atoms with Crippen molar-refractivity contribution in [3.63, 3.8) is 0 Å². The Labute approximate surface area is 108 Å². The lowest BCUT2D eigenvalue weighted by molar-refractivity contribution is -0.385. The van der Waals surface area contributed by atoms with Gasteiger partial charge in [0, 0.05) is 6.04 Å². The summed E-state index contributed by atoms with van der Waals surface area (Å²) in [4.78, 5) is 9.63. The smallest absolute Gasteiger partial charge is 0.275 e. The fraction of sp³-hybridized carbons (Fsp3) is 0.500. The first-order valence-electron chi connectivity index (χ1n) is 6.05. The molecule has 0 spiro atoms. The van der Waals surface area contributed by atoms with Gasteiger partial charge in [-0.1, -0.05) is 0 Å². The number of rotatable bonds is 3. The summed E-state index contributed by atoms with van der Waals surface area (Å²) < 4.78 is 27.3. The van der Waals surface area contributed by atoms with Crippen molar-refractivity contribution >= 4 is 11.4 Å². The Bertz CT molecular complexity index is 465. The first kappa shape index (κ1) is 13.7. The zero-order valence-electron chi connectivity index (χ0n) is 10.1. The molecule has 19 heavy (non-hydrogen) atoms. The summed E-state index contributed by atoms with van der Waals surface area (Å²) in [5.74, 6) is -1.95. The van der Waals surface area contributed by atoms with Crippen molar-refractivity contribution in [1.29, 1.82) is 0 Å². The van der Waals surface area contributed by atoms with E-state index >= 15 is 0 Å². The van der Waals surface area contributed by atoms with Gasteiger partial charge in [0.15, 0.2) is 11.6 Å². The Balaban J connectivity index is 2.14. The number of hydrogen-bond donors (Lipinski definition) is 2. The van der Waals surface area contributed by atoms with Gasteiger partial charge < -0.3 is 10.4 Å². The Morgan fingerprint density at radius 1 is 1.21 bits per heavy atom. The van der Waals surface area contributed by atoms with Gasteiger partial charge in [-0.2, -0.15) is 0 Å². The molecule has 0 heterocycles. The average molecular weight is 272 g/mol. The topological polar surface area (TPSA) is 75.4 Å². The van der Waals surface area contributed by atoms with Crippen LogP contribution in [0.4, 0.5) is 20.2 Å². The molecule has 5 nitrogen and oxygen atoms in total. The summed E-state index contributed by atoms with van der Waals surface area (Å²) in [5, 5.41) is 22.5. The van der Waals surface area contributed by atoms with Crippen molar-refractivity contribution in [3.8, 4) is 0 Å². The summed E-state index contributed by atoms with van der Waals surface area (Å²) in [7, 11) is 0. The number of nitro benzene ring substituents is 1. The highest BCUT2D eigenvalue weighted by molar-refractivity contribution is 5.52. The van der Waals surface area contributed by atoms with Gasteiger partial charge in [0.25, 0.3) is 5.69 Å². The number of non-ortho nitro benzene ring substituents is 1. The summed E-state index contributed by atoms with van der Waals surface area (Å²) in [5.41, 5.74) is -0.952. The van der Waals surface area contributed by atoms with Gasteiger partial charge in [0.2, 0.25) is 0 Å². The van der Waals surface area contributed by atoms with Gasteiger partial charge in [-0.15, -0.1) is 0 Å². The lowest BCUT2D eigenvalue weighted by atomic mass is 9.93. The molecule has 104 valence electrons. The van der Waals surface area contributed by atoms with Crippen LogP contribution in [0, 0.1) is 21.7 Å².